The fourth-order valence-corrected chi connectivity index (χ4v) is 17.4. The van der Waals surface area contributed by atoms with E-state index in [4.69, 9.17) is 0 Å². The molecule has 0 bridgehead atoms. The van der Waals surface area contributed by atoms with Gasteiger partial charge in [0.25, 0.3) is 0 Å². The minimum Gasteiger partial charge on any atom is -0.311 e. The maximum Gasteiger partial charge on any atom is 0.0462 e. The molecule has 20 aromatic rings. The molecule has 0 aliphatic heterocycles. The van der Waals surface area contributed by atoms with Crippen LogP contribution in [0.2, 0.25) is 0 Å². The molecule has 0 aromatic heterocycles. The quantitative estimate of drug-likeness (QED) is 0.0589. The molecule has 2 heteroatoms. The predicted molar refractivity (Wildman–Crippen MR) is 556 cm³/mol. The topological polar surface area (TPSA) is 6.48 Å². The molecule has 0 amide bonds. The Hall–Kier alpha value is -16.5. The second kappa shape index (κ2) is 37.3. The monoisotopic (exact) mass is 1660 g/mol. The maximum atomic E-state index is 2.32. The second-order valence-electron chi connectivity index (χ2n) is 34.0. The number of nitrogens with zero attached hydrogens (tertiary/aromatic N) is 2. The molecule has 0 saturated heterocycles. The number of hydrogen-bond acceptors (Lipinski definition) is 2. The van der Waals surface area contributed by atoms with Crippen molar-refractivity contribution in [3.63, 3.8) is 0 Å². The average molecular weight is 1660 g/mol. The van der Waals surface area contributed by atoms with Crippen molar-refractivity contribution < 1.29 is 0 Å². The SMILES string of the molecule is Cc1ccc(N(c2ccc(C)cc2)c2ccc(-c3ccc(-c4ccc(-c5ccc(-c6ccc(-c7ccc(-c8ccc(/C=C/c9ccc(-c%10ccc(/C=C/c%11ccc(-c%12ccc(-c%13ccc(-c%14ccc(-c%15ccc(-c%16ccc(-c%17ccc(N(c%18ccc(C)cc%18)c%18ccc(C)cc%18)cc%17)cc%16)cc%15)cc%14)cc%13)cc%12)cc%11)cc%10)cc9)cc8)cc7)cc6)cc5)cc4)cc3)cc2)cc1. The summed E-state index contributed by atoms with van der Waals surface area (Å²) in [6, 6.07) is 177. The van der Waals surface area contributed by atoms with Crippen LogP contribution in [0.25, 0.3) is 169 Å². The highest BCUT2D eigenvalue weighted by molar-refractivity contribution is 5.86. The van der Waals surface area contributed by atoms with Crippen molar-refractivity contribution in [2.75, 3.05) is 9.80 Å². The molecule has 0 unspecified atom stereocenters. The molecule has 0 atom stereocenters. The minimum absolute atomic E-state index is 1.13. The van der Waals surface area contributed by atoms with Crippen LogP contribution in [0.4, 0.5) is 34.1 Å². The lowest BCUT2D eigenvalue weighted by Gasteiger charge is -2.26. The lowest BCUT2D eigenvalue weighted by atomic mass is 9.96. The highest BCUT2D eigenvalue weighted by Crippen LogP contribution is 2.42. The lowest BCUT2D eigenvalue weighted by Crippen LogP contribution is -2.09. The van der Waals surface area contributed by atoms with E-state index in [9.17, 15) is 0 Å². The summed E-state index contributed by atoms with van der Waals surface area (Å²) in [6.45, 7) is 8.52. The van der Waals surface area contributed by atoms with Crippen molar-refractivity contribution in [2.24, 2.45) is 0 Å². The van der Waals surface area contributed by atoms with Crippen molar-refractivity contribution in [1.82, 2.24) is 0 Å². The van der Waals surface area contributed by atoms with Gasteiger partial charge in [0.15, 0.2) is 0 Å². The van der Waals surface area contributed by atoms with Gasteiger partial charge in [0, 0.05) is 34.1 Å². The molecule has 0 heterocycles. The summed E-state index contributed by atoms with van der Waals surface area (Å²) in [6.07, 6.45) is 8.76. The standard InChI is InChI=1S/C128H96N2/c1-89-5-77-123(78-6-89)129(124-79-7-90(2)8-80-124)127-85-73-121(74-86-127)119-69-65-117(66-70-119)115-61-57-113(58-62-115)111-53-49-109(50-54-111)107-45-41-105(42-46-107)103-37-33-101(34-38-103)99-29-21-95(22-30-99)15-13-93-17-25-97(26-18-93)98-27-19-94(20-28-98)14-16-96-23-31-100(32-24-96)102-35-39-104(40-36-102)106-43-47-108(48-44-106)110-51-55-112(56-52-110)114-59-63-116(64-60-114)118-67-71-120(72-68-118)122-75-87-128(88-76-122)130(125-81-9-91(3)10-82-125)126-83-11-92(4)12-84-126/h5-88H,1-4H3/b15-13+,16-14+. The predicted octanol–water partition coefficient (Wildman–Crippen LogP) is 35.9. The van der Waals surface area contributed by atoms with E-state index in [-0.39, 0.29) is 0 Å². The molecule has 2 nitrogen and oxygen atoms in total. The number of anilines is 6. The van der Waals surface area contributed by atoms with E-state index >= 15 is 0 Å². The van der Waals surface area contributed by atoms with E-state index in [2.05, 4.69) is 547 Å². The summed E-state index contributed by atoms with van der Waals surface area (Å²) >= 11 is 0. The van der Waals surface area contributed by atoms with Gasteiger partial charge in [-0.25, -0.2) is 0 Å². The van der Waals surface area contributed by atoms with Gasteiger partial charge in [0.1, 0.15) is 0 Å². The number of hydrogen-bond donors (Lipinski definition) is 0. The largest absolute Gasteiger partial charge is 0.311 e. The smallest absolute Gasteiger partial charge is 0.0462 e. The van der Waals surface area contributed by atoms with Crippen LogP contribution in [0, 0.1) is 27.7 Å². The zero-order chi connectivity index (χ0) is 87.6. The first-order chi connectivity index (χ1) is 63.9. The zero-order valence-corrected chi connectivity index (χ0v) is 73.4. The van der Waals surface area contributed by atoms with Crippen molar-refractivity contribution in [1.29, 1.82) is 0 Å². The van der Waals surface area contributed by atoms with Crippen LogP contribution in [-0.4, -0.2) is 0 Å². The van der Waals surface area contributed by atoms with E-state index in [1.165, 1.54) is 167 Å². The van der Waals surface area contributed by atoms with Gasteiger partial charge in [0.05, 0.1) is 0 Å². The van der Waals surface area contributed by atoms with E-state index in [0.717, 1.165) is 56.4 Å². The molecular formula is C128H96N2. The number of aryl methyl sites for hydroxylation is 4. The van der Waals surface area contributed by atoms with Gasteiger partial charge in [-0.3, -0.25) is 0 Å². The Bertz CT molecular complexity index is 6750. The molecule has 0 aliphatic carbocycles. The Morgan fingerprint density at radius 1 is 0.100 bits per heavy atom. The van der Waals surface area contributed by atoms with Crippen LogP contribution in [0.5, 0.6) is 0 Å². The van der Waals surface area contributed by atoms with Crippen LogP contribution in [0.15, 0.2) is 485 Å². The summed E-state index contributed by atoms with van der Waals surface area (Å²) in [7, 11) is 0. The Morgan fingerprint density at radius 3 is 0.277 bits per heavy atom. The van der Waals surface area contributed by atoms with Crippen LogP contribution in [0.1, 0.15) is 44.5 Å². The molecule has 0 aliphatic rings. The first kappa shape index (κ1) is 81.8. The molecule has 0 radical (unpaired) electrons. The van der Waals surface area contributed by atoms with Crippen molar-refractivity contribution in [3.05, 3.63) is 530 Å². The number of rotatable bonds is 23. The third kappa shape index (κ3) is 18.7. The molecule has 618 valence electrons. The molecule has 20 rings (SSSR count). The third-order valence-electron chi connectivity index (χ3n) is 25.2. The normalized spacial score (nSPS) is 11.3. The second-order valence-corrected chi connectivity index (χ2v) is 34.0. The van der Waals surface area contributed by atoms with Gasteiger partial charge in [-0.15, -0.1) is 0 Å². The lowest BCUT2D eigenvalue weighted by molar-refractivity contribution is 1.27. The van der Waals surface area contributed by atoms with Gasteiger partial charge < -0.3 is 9.80 Å². The Labute approximate surface area is 765 Å². The van der Waals surface area contributed by atoms with Crippen molar-refractivity contribution in [2.45, 2.75) is 27.7 Å². The van der Waals surface area contributed by atoms with E-state index in [0.29, 0.717) is 0 Å². The molecule has 0 N–H and O–H groups in total. The van der Waals surface area contributed by atoms with Gasteiger partial charge in [-0.1, -0.05) is 459 Å². The first-order valence-electron chi connectivity index (χ1n) is 44.8. The molecule has 20 aromatic carbocycles. The van der Waals surface area contributed by atoms with Crippen LogP contribution >= 0.6 is 0 Å². The third-order valence-corrected chi connectivity index (χ3v) is 25.2. The van der Waals surface area contributed by atoms with E-state index in [1.54, 1.807) is 0 Å². The maximum absolute atomic E-state index is 2.32. The Balaban J connectivity index is 0.391. The minimum atomic E-state index is 1.13. The fraction of sp³-hybridized carbons (Fsp3) is 0.0312. The summed E-state index contributed by atoms with van der Waals surface area (Å²) in [5, 5.41) is 0. The average Bonchev–Trinajstić information content (AvgIpc) is 0.810. The number of benzene rings is 20. The van der Waals surface area contributed by atoms with E-state index < -0.39 is 0 Å². The van der Waals surface area contributed by atoms with Crippen molar-refractivity contribution >= 4 is 58.4 Å². The summed E-state index contributed by atoms with van der Waals surface area (Å²) in [5.74, 6) is 0. The molecule has 0 fully saturated rings. The van der Waals surface area contributed by atoms with Gasteiger partial charge >= 0.3 is 0 Å². The summed E-state index contributed by atoms with van der Waals surface area (Å²) < 4.78 is 0. The Kier molecular flexibility index (Phi) is 23.5. The van der Waals surface area contributed by atoms with Crippen LogP contribution < -0.4 is 9.80 Å². The van der Waals surface area contributed by atoms with E-state index in [1.807, 2.05) is 0 Å². The molecule has 130 heavy (non-hydrogen) atoms. The molecule has 0 spiro atoms. The zero-order valence-electron chi connectivity index (χ0n) is 73.4. The highest BCUT2D eigenvalue weighted by Gasteiger charge is 2.18. The summed E-state index contributed by atoms with van der Waals surface area (Å²) in [5.41, 5.74) is 47.5. The fourth-order valence-electron chi connectivity index (χ4n) is 17.4. The molecule has 0 saturated carbocycles. The van der Waals surface area contributed by atoms with Gasteiger partial charge in [-0.05, 0) is 267 Å². The Morgan fingerprint density at radius 2 is 0.177 bits per heavy atom. The van der Waals surface area contributed by atoms with Crippen molar-refractivity contribution in [3.8, 4) is 145 Å². The first-order valence-corrected chi connectivity index (χ1v) is 44.8. The van der Waals surface area contributed by atoms with Crippen LogP contribution in [0.3, 0.4) is 0 Å². The molecular weight excluding hydrogens is 1570 g/mol. The van der Waals surface area contributed by atoms with Gasteiger partial charge in [-0.2, -0.15) is 0 Å². The highest BCUT2D eigenvalue weighted by atomic mass is 15.1. The van der Waals surface area contributed by atoms with Gasteiger partial charge in [0.2, 0.25) is 0 Å². The summed E-state index contributed by atoms with van der Waals surface area (Å²) in [4.78, 5) is 4.64. The van der Waals surface area contributed by atoms with Crippen LogP contribution in [-0.2, 0) is 0 Å².